The second kappa shape index (κ2) is 4.52. The smallest absolute Gasteiger partial charge is 0.310 e. The summed E-state index contributed by atoms with van der Waals surface area (Å²) in [4.78, 5) is 12.1. The minimum atomic E-state index is -0.112. The van der Waals surface area contributed by atoms with Gasteiger partial charge in [0.15, 0.2) is 0 Å². The molecule has 2 fully saturated rings. The van der Waals surface area contributed by atoms with Gasteiger partial charge in [-0.3, -0.25) is 4.79 Å². The molecule has 2 aliphatic carbocycles. The van der Waals surface area contributed by atoms with Crippen LogP contribution in [0.1, 0.15) is 47.0 Å². The van der Waals surface area contributed by atoms with Crippen molar-refractivity contribution in [1.82, 2.24) is 0 Å². The SMILES string of the molecule is CCOC(=O)[C@@H](CN)[C@H]1C[C@@H]2CC[C@@]1(C)C2(C)C. The van der Waals surface area contributed by atoms with Gasteiger partial charge < -0.3 is 10.5 Å². The van der Waals surface area contributed by atoms with E-state index < -0.39 is 0 Å². The van der Waals surface area contributed by atoms with Gasteiger partial charge in [0.1, 0.15) is 0 Å². The maximum Gasteiger partial charge on any atom is 0.310 e. The molecule has 0 radical (unpaired) electrons. The molecule has 0 aromatic rings. The highest BCUT2D eigenvalue weighted by Gasteiger charge is 2.63. The molecule has 0 saturated heterocycles. The van der Waals surface area contributed by atoms with Crippen LogP contribution in [0, 0.1) is 28.6 Å². The third-order valence-corrected chi connectivity index (χ3v) is 6.19. The summed E-state index contributed by atoms with van der Waals surface area (Å²) in [5.74, 6) is 0.945. The van der Waals surface area contributed by atoms with Crippen LogP contribution in [0.4, 0.5) is 0 Å². The number of hydrogen-bond donors (Lipinski definition) is 1. The van der Waals surface area contributed by atoms with E-state index in [1.54, 1.807) is 0 Å². The molecule has 0 aromatic heterocycles. The molecule has 2 bridgehead atoms. The average Bonchev–Trinajstić information content (AvgIpc) is 2.63. The van der Waals surface area contributed by atoms with Crippen molar-refractivity contribution >= 4 is 5.97 Å². The fourth-order valence-corrected chi connectivity index (χ4v) is 4.55. The fourth-order valence-electron chi connectivity index (χ4n) is 4.55. The van der Waals surface area contributed by atoms with E-state index in [-0.39, 0.29) is 17.3 Å². The zero-order valence-electron chi connectivity index (χ0n) is 12.2. The molecule has 0 aromatic carbocycles. The summed E-state index contributed by atoms with van der Waals surface area (Å²) in [5, 5.41) is 0. The van der Waals surface area contributed by atoms with E-state index in [1.165, 1.54) is 12.8 Å². The Morgan fingerprint density at radius 2 is 2.11 bits per heavy atom. The lowest BCUT2D eigenvalue weighted by Gasteiger charge is -2.41. The highest BCUT2D eigenvalue weighted by Crippen LogP contribution is 2.69. The van der Waals surface area contributed by atoms with Gasteiger partial charge in [0.05, 0.1) is 12.5 Å². The van der Waals surface area contributed by atoms with Crippen LogP contribution in [0.25, 0.3) is 0 Å². The molecule has 2 N–H and O–H groups in total. The molecule has 0 amide bonds. The molecule has 104 valence electrons. The minimum Gasteiger partial charge on any atom is -0.466 e. The Morgan fingerprint density at radius 3 is 2.50 bits per heavy atom. The number of esters is 1. The van der Waals surface area contributed by atoms with Crippen molar-refractivity contribution in [3.63, 3.8) is 0 Å². The van der Waals surface area contributed by atoms with Gasteiger partial charge in [0.2, 0.25) is 0 Å². The molecule has 2 rings (SSSR count). The van der Waals surface area contributed by atoms with Crippen LogP contribution in [0.15, 0.2) is 0 Å². The molecule has 3 nitrogen and oxygen atoms in total. The van der Waals surface area contributed by atoms with E-state index in [0.29, 0.717) is 24.5 Å². The van der Waals surface area contributed by atoms with Crippen LogP contribution < -0.4 is 5.73 Å². The summed E-state index contributed by atoms with van der Waals surface area (Å²) in [6, 6.07) is 0. The van der Waals surface area contributed by atoms with Crippen molar-refractivity contribution in [1.29, 1.82) is 0 Å². The van der Waals surface area contributed by atoms with Crippen LogP contribution >= 0.6 is 0 Å². The van der Waals surface area contributed by atoms with Gasteiger partial charge in [-0.1, -0.05) is 20.8 Å². The Kier molecular flexibility index (Phi) is 3.48. The maximum absolute atomic E-state index is 12.1. The van der Waals surface area contributed by atoms with Gasteiger partial charge in [0, 0.05) is 6.54 Å². The van der Waals surface area contributed by atoms with Gasteiger partial charge in [-0.2, -0.15) is 0 Å². The van der Waals surface area contributed by atoms with E-state index in [0.717, 1.165) is 12.3 Å². The predicted molar refractivity (Wildman–Crippen MR) is 71.9 cm³/mol. The standard InChI is InChI=1S/C15H27NO2/c1-5-18-13(17)11(9-16)12-8-10-6-7-15(12,4)14(10,2)3/h10-12H,5-9,16H2,1-4H3/t10-,11-,12+,15+/m0/s1. The van der Waals surface area contributed by atoms with Gasteiger partial charge in [0.25, 0.3) is 0 Å². The molecule has 0 spiro atoms. The first-order valence-electron chi connectivity index (χ1n) is 7.25. The summed E-state index contributed by atoms with van der Waals surface area (Å²) in [6.45, 7) is 9.81. The van der Waals surface area contributed by atoms with Gasteiger partial charge in [-0.05, 0) is 48.9 Å². The van der Waals surface area contributed by atoms with Crippen molar-refractivity contribution in [2.45, 2.75) is 47.0 Å². The van der Waals surface area contributed by atoms with Crippen molar-refractivity contribution in [3.8, 4) is 0 Å². The Labute approximate surface area is 110 Å². The normalized spacial score (nSPS) is 38.7. The fraction of sp³-hybridized carbons (Fsp3) is 0.933. The number of rotatable bonds is 4. The van der Waals surface area contributed by atoms with Crippen molar-refractivity contribution in [3.05, 3.63) is 0 Å². The molecule has 0 heterocycles. The van der Waals surface area contributed by atoms with Gasteiger partial charge in [-0.15, -0.1) is 0 Å². The number of carbonyl (C=O) groups excluding carboxylic acids is 1. The third-order valence-electron chi connectivity index (χ3n) is 6.19. The lowest BCUT2D eigenvalue weighted by Crippen LogP contribution is -2.42. The van der Waals surface area contributed by atoms with E-state index in [4.69, 9.17) is 10.5 Å². The third kappa shape index (κ3) is 1.70. The Hall–Kier alpha value is -0.570. The van der Waals surface area contributed by atoms with Crippen LogP contribution in [0.2, 0.25) is 0 Å². The van der Waals surface area contributed by atoms with Crippen LogP contribution in [-0.4, -0.2) is 19.1 Å². The summed E-state index contributed by atoms with van der Waals surface area (Å²) >= 11 is 0. The average molecular weight is 253 g/mol. The summed E-state index contributed by atoms with van der Waals surface area (Å²) < 4.78 is 5.21. The monoisotopic (exact) mass is 253 g/mol. The quantitative estimate of drug-likeness (QED) is 0.783. The lowest BCUT2D eigenvalue weighted by atomic mass is 9.63. The zero-order chi connectivity index (χ0) is 13.6. The van der Waals surface area contributed by atoms with Crippen molar-refractivity contribution < 1.29 is 9.53 Å². The maximum atomic E-state index is 12.1. The number of fused-ring (bicyclic) bond motifs is 2. The molecule has 18 heavy (non-hydrogen) atoms. The van der Waals surface area contributed by atoms with Crippen molar-refractivity contribution in [2.24, 2.45) is 34.3 Å². The highest BCUT2D eigenvalue weighted by atomic mass is 16.5. The Morgan fingerprint density at radius 1 is 1.44 bits per heavy atom. The minimum absolute atomic E-state index is 0.0884. The zero-order valence-corrected chi connectivity index (χ0v) is 12.2. The molecule has 0 aliphatic heterocycles. The van der Waals surface area contributed by atoms with Crippen molar-refractivity contribution in [2.75, 3.05) is 13.2 Å². The van der Waals surface area contributed by atoms with E-state index in [9.17, 15) is 4.79 Å². The molecule has 4 atom stereocenters. The summed E-state index contributed by atoms with van der Waals surface area (Å²) in [6.07, 6.45) is 3.68. The predicted octanol–water partition coefficient (Wildman–Crippen LogP) is 2.59. The molecule has 2 aliphatic rings. The first-order chi connectivity index (χ1) is 8.38. The summed E-state index contributed by atoms with van der Waals surface area (Å²) in [7, 11) is 0. The first-order valence-corrected chi connectivity index (χ1v) is 7.25. The second-order valence-electron chi connectivity index (χ2n) is 6.81. The highest BCUT2D eigenvalue weighted by molar-refractivity contribution is 5.73. The number of nitrogens with two attached hydrogens (primary N) is 1. The van der Waals surface area contributed by atoms with Gasteiger partial charge in [-0.25, -0.2) is 0 Å². The number of carbonyl (C=O) groups is 1. The molecule has 2 saturated carbocycles. The molecule has 0 unspecified atom stereocenters. The summed E-state index contributed by atoms with van der Waals surface area (Å²) in [5.41, 5.74) is 6.44. The number of ether oxygens (including phenoxy) is 1. The van der Waals surface area contributed by atoms with Crippen LogP contribution in [0.3, 0.4) is 0 Å². The first kappa shape index (κ1) is 13.9. The Bertz CT molecular complexity index is 339. The number of hydrogen-bond acceptors (Lipinski definition) is 3. The topological polar surface area (TPSA) is 52.3 Å². The lowest BCUT2D eigenvalue weighted by molar-refractivity contribution is -0.152. The molecular weight excluding hydrogens is 226 g/mol. The largest absolute Gasteiger partial charge is 0.466 e. The molecular formula is C15H27NO2. The van der Waals surface area contributed by atoms with Crippen LogP contribution in [-0.2, 0) is 9.53 Å². The Balaban J connectivity index is 2.22. The van der Waals surface area contributed by atoms with E-state index in [2.05, 4.69) is 20.8 Å². The second-order valence-corrected chi connectivity index (χ2v) is 6.81. The van der Waals surface area contributed by atoms with E-state index >= 15 is 0 Å². The van der Waals surface area contributed by atoms with Gasteiger partial charge >= 0.3 is 5.97 Å². The van der Waals surface area contributed by atoms with Crippen LogP contribution in [0.5, 0.6) is 0 Å². The van der Waals surface area contributed by atoms with E-state index in [1.807, 2.05) is 6.92 Å². The molecule has 3 heteroatoms.